The molecular formula is C16H9NO6. The second-order valence-electron chi connectivity index (χ2n) is 4.85. The molecule has 23 heavy (non-hydrogen) atoms. The lowest BCUT2D eigenvalue weighted by molar-refractivity contribution is 0.0648. The molecule has 0 spiro atoms. The van der Waals surface area contributed by atoms with Gasteiger partial charge >= 0.3 is 12.1 Å². The van der Waals surface area contributed by atoms with E-state index in [0.29, 0.717) is 5.56 Å². The van der Waals surface area contributed by atoms with Gasteiger partial charge in [0.15, 0.2) is 0 Å². The van der Waals surface area contributed by atoms with Gasteiger partial charge in [0.25, 0.3) is 11.8 Å². The molecule has 0 radical (unpaired) electrons. The summed E-state index contributed by atoms with van der Waals surface area (Å²) in [5.41, 5.74) is 0.198. The van der Waals surface area contributed by atoms with E-state index in [4.69, 9.17) is 5.11 Å². The van der Waals surface area contributed by atoms with E-state index < -0.39 is 23.9 Å². The molecule has 0 saturated heterocycles. The van der Waals surface area contributed by atoms with Crippen molar-refractivity contribution in [1.29, 1.82) is 0 Å². The Bertz CT molecular complexity index is 872. The quantitative estimate of drug-likeness (QED) is 0.823. The summed E-state index contributed by atoms with van der Waals surface area (Å²) in [6.45, 7) is 0. The van der Waals surface area contributed by atoms with Crippen molar-refractivity contribution in [2.24, 2.45) is 0 Å². The first-order valence-electron chi connectivity index (χ1n) is 6.50. The lowest BCUT2D eigenvalue weighted by Gasteiger charge is -2.08. The molecule has 2 N–H and O–H groups in total. The van der Waals surface area contributed by atoms with Crippen LogP contribution in [-0.4, -0.2) is 39.0 Å². The lowest BCUT2D eigenvalue weighted by atomic mass is 9.94. The second-order valence-corrected chi connectivity index (χ2v) is 4.85. The molecule has 0 aromatic heterocycles. The summed E-state index contributed by atoms with van der Waals surface area (Å²) in [5.74, 6) is -3.30. The molecule has 0 unspecified atom stereocenters. The lowest BCUT2D eigenvalue weighted by Crippen LogP contribution is -2.34. The molecule has 0 bridgehead atoms. The second kappa shape index (κ2) is 5.06. The number of amides is 3. The highest BCUT2D eigenvalue weighted by Gasteiger charge is 2.42. The first kappa shape index (κ1) is 14.5. The van der Waals surface area contributed by atoms with E-state index in [-0.39, 0.29) is 27.2 Å². The molecule has 0 aliphatic carbocycles. The number of benzene rings is 2. The fourth-order valence-corrected chi connectivity index (χ4v) is 2.51. The van der Waals surface area contributed by atoms with Crippen LogP contribution in [0, 0.1) is 0 Å². The van der Waals surface area contributed by atoms with Crippen LogP contribution in [-0.2, 0) is 0 Å². The number of hydrogen-bond acceptors (Lipinski definition) is 4. The van der Waals surface area contributed by atoms with E-state index in [9.17, 15) is 24.3 Å². The van der Waals surface area contributed by atoms with Crippen LogP contribution in [0.15, 0.2) is 42.5 Å². The average molecular weight is 311 g/mol. The van der Waals surface area contributed by atoms with Crippen LogP contribution in [0.5, 0.6) is 0 Å². The third-order valence-electron chi connectivity index (χ3n) is 3.51. The number of aromatic carboxylic acids is 1. The van der Waals surface area contributed by atoms with Crippen molar-refractivity contribution < 1.29 is 29.4 Å². The minimum atomic E-state index is -1.70. The largest absolute Gasteiger partial charge is 0.478 e. The fraction of sp³-hybridized carbons (Fsp3) is 0. The number of carboxylic acid groups (broad SMARTS) is 2. The normalized spacial score (nSPS) is 13.1. The highest BCUT2D eigenvalue weighted by molar-refractivity contribution is 6.30. The molecular weight excluding hydrogens is 302 g/mol. The van der Waals surface area contributed by atoms with Gasteiger partial charge in [-0.15, -0.1) is 0 Å². The van der Waals surface area contributed by atoms with Gasteiger partial charge in [-0.1, -0.05) is 30.3 Å². The van der Waals surface area contributed by atoms with Gasteiger partial charge in [0.05, 0.1) is 16.7 Å². The van der Waals surface area contributed by atoms with Gasteiger partial charge in [-0.3, -0.25) is 9.59 Å². The molecule has 0 atom stereocenters. The highest BCUT2D eigenvalue weighted by atomic mass is 16.4. The van der Waals surface area contributed by atoms with Gasteiger partial charge in [0, 0.05) is 0 Å². The number of fused-ring (bicyclic) bond motifs is 1. The zero-order chi connectivity index (χ0) is 16.7. The molecule has 2 aromatic rings. The molecule has 3 rings (SSSR count). The minimum Gasteiger partial charge on any atom is -0.478 e. The summed E-state index contributed by atoms with van der Waals surface area (Å²) in [7, 11) is 0. The Balaban J connectivity index is 2.33. The average Bonchev–Trinajstić information content (AvgIpc) is 2.78. The standard InChI is InChI=1S/C16H9NO6/c18-13-11-7-9(15(20)21)6-10(8-4-2-1-3-5-8)12(11)14(19)17(13)16(22)23/h1-7H,(H,20,21)(H,22,23). The molecule has 3 amide bonds. The van der Waals surface area contributed by atoms with Crippen molar-refractivity contribution in [3.8, 4) is 11.1 Å². The summed E-state index contributed by atoms with van der Waals surface area (Å²) < 4.78 is 0. The zero-order valence-corrected chi connectivity index (χ0v) is 11.5. The highest BCUT2D eigenvalue weighted by Crippen LogP contribution is 2.34. The first-order valence-corrected chi connectivity index (χ1v) is 6.50. The van der Waals surface area contributed by atoms with Crippen molar-refractivity contribution in [3.05, 3.63) is 59.2 Å². The van der Waals surface area contributed by atoms with Crippen molar-refractivity contribution in [3.63, 3.8) is 0 Å². The fourth-order valence-electron chi connectivity index (χ4n) is 2.51. The van der Waals surface area contributed by atoms with E-state index in [1.807, 2.05) is 0 Å². The van der Waals surface area contributed by atoms with Gasteiger partial charge < -0.3 is 10.2 Å². The molecule has 0 saturated carbocycles. The van der Waals surface area contributed by atoms with Crippen molar-refractivity contribution in [2.45, 2.75) is 0 Å². The molecule has 1 aliphatic rings. The van der Waals surface area contributed by atoms with Gasteiger partial charge in [0.1, 0.15) is 0 Å². The molecule has 1 aliphatic heterocycles. The maximum Gasteiger partial charge on any atom is 0.421 e. The summed E-state index contributed by atoms with van der Waals surface area (Å²) in [6, 6.07) is 10.7. The van der Waals surface area contributed by atoms with Crippen LogP contribution < -0.4 is 0 Å². The zero-order valence-electron chi connectivity index (χ0n) is 11.5. The van der Waals surface area contributed by atoms with Gasteiger partial charge in [-0.05, 0) is 23.3 Å². The van der Waals surface area contributed by atoms with Crippen LogP contribution in [0.2, 0.25) is 0 Å². The minimum absolute atomic E-state index is 0.0860. The van der Waals surface area contributed by atoms with Gasteiger partial charge in [0.2, 0.25) is 0 Å². The van der Waals surface area contributed by atoms with Crippen LogP contribution in [0.3, 0.4) is 0 Å². The Morgan fingerprint density at radius 2 is 1.48 bits per heavy atom. The van der Waals surface area contributed by atoms with E-state index in [0.717, 1.165) is 6.07 Å². The number of carbonyl (C=O) groups is 4. The predicted octanol–water partition coefficient (Wildman–Crippen LogP) is 2.33. The number of nitrogens with zero attached hydrogens (tertiary/aromatic N) is 1. The van der Waals surface area contributed by atoms with Crippen LogP contribution in [0.1, 0.15) is 31.1 Å². The van der Waals surface area contributed by atoms with E-state index in [1.165, 1.54) is 6.07 Å². The Kier molecular flexibility index (Phi) is 3.18. The van der Waals surface area contributed by atoms with Crippen molar-refractivity contribution >= 4 is 23.9 Å². The van der Waals surface area contributed by atoms with E-state index >= 15 is 0 Å². The summed E-state index contributed by atoms with van der Waals surface area (Å²) in [6.07, 6.45) is -1.70. The Morgan fingerprint density at radius 3 is 2.04 bits per heavy atom. The van der Waals surface area contributed by atoms with Gasteiger partial charge in [-0.2, -0.15) is 4.90 Å². The third kappa shape index (κ3) is 2.15. The molecule has 7 heteroatoms. The Hall–Kier alpha value is -3.48. The monoisotopic (exact) mass is 311 g/mol. The SMILES string of the molecule is O=C(O)c1cc2c(c(-c3ccccc3)c1)C(=O)N(C(=O)O)C2=O. The Labute approximate surface area is 129 Å². The smallest absolute Gasteiger partial charge is 0.421 e. The molecule has 0 fully saturated rings. The predicted molar refractivity (Wildman–Crippen MR) is 77.4 cm³/mol. The number of imide groups is 3. The van der Waals surface area contributed by atoms with Gasteiger partial charge in [-0.25, -0.2) is 9.59 Å². The third-order valence-corrected chi connectivity index (χ3v) is 3.51. The number of rotatable bonds is 2. The van der Waals surface area contributed by atoms with Crippen molar-refractivity contribution in [2.75, 3.05) is 0 Å². The number of carbonyl (C=O) groups excluding carboxylic acids is 2. The maximum absolute atomic E-state index is 12.3. The molecule has 7 nitrogen and oxygen atoms in total. The van der Waals surface area contributed by atoms with E-state index in [1.54, 1.807) is 30.3 Å². The topological polar surface area (TPSA) is 112 Å². The van der Waals surface area contributed by atoms with Crippen LogP contribution in [0.25, 0.3) is 11.1 Å². The summed E-state index contributed by atoms with van der Waals surface area (Å²) in [4.78, 5) is 46.9. The summed E-state index contributed by atoms with van der Waals surface area (Å²) in [5, 5.41) is 18.2. The van der Waals surface area contributed by atoms with Crippen LogP contribution in [0.4, 0.5) is 4.79 Å². The number of hydrogen-bond donors (Lipinski definition) is 2. The Morgan fingerprint density at radius 1 is 0.870 bits per heavy atom. The molecule has 1 heterocycles. The summed E-state index contributed by atoms with van der Waals surface area (Å²) >= 11 is 0. The van der Waals surface area contributed by atoms with E-state index in [2.05, 4.69) is 0 Å². The maximum atomic E-state index is 12.3. The molecule has 2 aromatic carbocycles. The first-order chi connectivity index (χ1) is 10.9. The molecule has 114 valence electrons. The van der Waals surface area contributed by atoms with Crippen LogP contribution >= 0.6 is 0 Å². The number of carboxylic acids is 1. The van der Waals surface area contributed by atoms with Crippen molar-refractivity contribution in [1.82, 2.24) is 4.90 Å².